The molecule has 6 heteroatoms. The molecule has 0 aliphatic heterocycles. The third kappa shape index (κ3) is 3.39. The number of aromatic nitrogens is 4. The first-order valence-corrected chi connectivity index (χ1v) is 9.19. The van der Waals surface area contributed by atoms with Crippen molar-refractivity contribution in [1.82, 2.24) is 20.2 Å². The molecule has 0 atom stereocenters. The molecule has 3 aromatic carbocycles. The molecule has 0 radical (unpaired) electrons. The minimum absolute atomic E-state index is 0.143. The number of anilines is 2. The molecule has 0 saturated heterocycles. The number of benzene rings is 3. The van der Waals surface area contributed by atoms with Gasteiger partial charge >= 0.3 is 0 Å². The van der Waals surface area contributed by atoms with E-state index in [9.17, 15) is 5.11 Å². The average Bonchev–Trinajstić information content (AvgIpc) is 3.19. The zero-order valence-corrected chi connectivity index (χ0v) is 15.4. The minimum Gasteiger partial charge on any atom is -0.507 e. The van der Waals surface area contributed by atoms with E-state index in [0.717, 1.165) is 33.8 Å². The number of phenols is 1. The number of rotatable bonds is 4. The largest absolute Gasteiger partial charge is 0.507 e. The molecule has 6 nitrogen and oxygen atoms in total. The average molecular weight is 379 g/mol. The Balaban J connectivity index is 1.42. The van der Waals surface area contributed by atoms with E-state index in [-0.39, 0.29) is 5.75 Å². The van der Waals surface area contributed by atoms with Gasteiger partial charge in [0.2, 0.25) is 0 Å². The molecule has 0 aliphatic carbocycles. The predicted octanol–water partition coefficient (Wildman–Crippen LogP) is 5.14. The van der Waals surface area contributed by atoms with E-state index in [1.54, 1.807) is 18.3 Å². The van der Waals surface area contributed by atoms with Crippen LogP contribution in [0.25, 0.3) is 33.7 Å². The second kappa shape index (κ2) is 7.09. The molecule has 29 heavy (non-hydrogen) atoms. The van der Waals surface area contributed by atoms with Crippen molar-refractivity contribution in [2.24, 2.45) is 0 Å². The third-order valence-electron chi connectivity index (χ3n) is 4.66. The van der Waals surface area contributed by atoms with E-state index < -0.39 is 0 Å². The first-order valence-electron chi connectivity index (χ1n) is 9.19. The van der Waals surface area contributed by atoms with Gasteiger partial charge in [0.15, 0.2) is 0 Å². The number of fused-ring (bicyclic) bond motifs is 1. The molecule has 0 fully saturated rings. The van der Waals surface area contributed by atoms with Crippen LogP contribution in [-0.2, 0) is 0 Å². The molecule has 0 unspecified atom stereocenters. The topological polar surface area (TPSA) is 86.7 Å². The predicted molar refractivity (Wildman–Crippen MR) is 114 cm³/mol. The number of imidazole rings is 1. The van der Waals surface area contributed by atoms with Crippen molar-refractivity contribution in [2.75, 3.05) is 5.32 Å². The van der Waals surface area contributed by atoms with E-state index in [1.807, 2.05) is 66.7 Å². The van der Waals surface area contributed by atoms with Gasteiger partial charge in [-0.2, -0.15) is 10.2 Å². The molecule has 0 bridgehead atoms. The van der Waals surface area contributed by atoms with E-state index in [4.69, 9.17) is 0 Å². The van der Waals surface area contributed by atoms with Gasteiger partial charge in [0, 0.05) is 34.8 Å². The van der Waals surface area contributed by atoms with Gasteiger partial charge in [0.1, 0.15) is 11.6 Å². The highest BCUT2D eigenvalue weighted by Gasteiger charge is 2.09. The van der Waals surface area contributed by atoms with Gasteiger partial charge in [0.25, 0.3) is 0 Å². The van der Waals surface area contributed by atoms with Crippen LogP contribution in [0.1, 0.15) is 0 Å². The monoisotopic (exact) mass is 379 g/mol. The van der Waals surface area contributed by atoms with Gasteiger partial charge in [0.05, 0.1) is 16.7 Å². The molecular weight excluding hydrogens is 362 g/mol. The highest BCUT2D eigenvalue weighted by Crippen LogP contribution is 2.32. The Hall–Kier alpha value is -4.19. The van der Waals surface area contributed by atoms with Gasteiger partial charge in [-0.3, -0.25) is 0 Å². The summed E-state index contributed by atoms with van der Waals surface area (Å²) in [5.41, 5.74) is 5.86. The SMILES string of the molecule is Oc1cc(Nc2cccc(-c3nc4ccccc4[nH]3)c2)ccc1-c1cccnn1. The van der Waals surface area contributed by atoms with Crippen molar-refractivity contribution >= 4 is 22.4 Å². The molecule has 3 N–H and O–H groups in total. The first-order chi connectivity index (χ1) is 14.3. The lowest BCUT2D eigenvalue weighted by Gasteiger charge is -2.10. The van der Waals surface area contributed by atoms with Crippen molar-refractivity contribution in [2.45, 2.75) is 0 Å². The highest BCUT2D eigenvalue weighted by molar-refractivity contribution is 5.80. The van der Waals surface area contributed by atoms with Crippen molar-refractivity contribution in [1.29, 1.82) is 0 Å². The number of aromatic hydroxyl groups is 1. The smallest absolute Gasteiger partial charge is 0.138 e. The number of para-hydroxylation sites is 2. The Kier molecular flexibility index (Phi) is 4.14. The number of hydrogen-bond donors (Lipinski definition) is 3. The number of phenolic OH excluding ortho intramolecular Hbond substituents is 1. The molecule has 0 amide bonds. The van der Waals surface area contributed by atoms with Gasteiger partial charge < -0.3 is 15.4 Å². The molecule has 0 aliphatic rings. The first kappa shape index (κ1) is 16.9. The van der Waals surface area contributed by atoms with Crippen molar-refractivity contribution in [3.05, 3.63) is 85.1 Å². The summed E-state index contributed by atoms with van der Waals surface area (Å²) in [6, 6.07) is 24.9. The maximum absolute atomic E-state index is 10.4. The lowest BCUT2D eigenvalue weighted by Crippen LogP contribution is -1.92. The van der Waals surface area contributed by atoms with E-state index in [0.29, 0.717) is 11.3 Å². The fourth-order valence-electron chi connectivity index (χ4n) is 3.27. The van der Waals surface area contributed by atoms with Crippen LogP contribution in [0.5, 0.6) is 5.75 Å². The van der Waals surface area contributed by atoms with E-state index >= 15 is 0 Å². The second-order valence-electron chi connectivity index (χ2n) is 6.65. The van der Waals surface area contributed by atoms with Gasteiger partial charge in [-0.05, 0) is 48.5 Å². The molecule has 0 spiro atoms. The summed E-state index contributed by atoms with van der Waals surface area (Å²) in [7, 11) is 0. The Morgan fingerprint density at radius 1 is 0.828 bits per heavy atom. The summed E-state index contributed by atoms with van der Waals surface area (Å²) in [4.78, 5) is 8.00. The fraction of sp³-hybridized carbons (Fsp3) is 0. The number of aromatic amines is 1. The zero-order valence-electron chi connectivity index (χ0n) is 15.4. The van der Waals surface area contributed by atoms with Crippen LogP contribution in [0.2, 0.25) is 0 Å². The van der Waals surface area contributed by atoms with Crippen molar-refractivity contribution in [3.8, 4) is 28.4 Å². The minimum atomic E-state index is 0.143. The number of hydrogen-bond acceptors (Lipinski definition) is 5. The van der Waals surface area contributed by atoms with Crippen LogP contribution >= 0.6 is 0 Å². The molecular formula is C23H17N5O. The third-order valence-corrected chi connectivity index (χ3v) is 4.66. The summed E-state index contributed by atoms with van der Waals surface area (Å²) in [6.07, 6.45) is 1.60. The Morgan fingerprint density at radius 3 is 2.55 bits per heavy atom. The van der Waals surface area contributed by atoms with Crippen LogP contribution in [0.4, 0.5) is 11.4 Å². The molecule has 5 aromatic rings. The molecule has 140 valence electrons. The Bertz CT molecular complexity index is 1260. The fourth-order valence-corrected chi connectivity index (χ4v) is 3.27. The maximum atomic E-state index is 10.4. The van der Waals surface area contributed by atoms with Crippen LogP contribution in [0, 0.1) is 0 Å². The van der Waals surface area contributed by atoms with E-state index in [1.165, 1.54) is 0 Å². The van der Waals surface area contributed by atoms with E-state index in [2.05, 4.69) is 25.5 Å². The van der Waals surface area contributed by atoms with Crippen LogP contribution in [0.3, 0.4) is 0 Å². The normalized spacial score (nSPS) is 10.9. The van der Waals surface area contributed by atoms with Gasteiger partial charge in [-0.15, -0.1) is 0 Å². The van der Waals surface area contributed by atoms with Crippen LogP contribution < -0.4 is 5.32 Å². The summed E-state index contributed by atoms with van der Waals surface area (Å²) in [5.74, 6) is 0.958. The number of nitrogens with zero attached hydrogens (tertiary/aromatic N) is 3. The van der Waals surface area contributed by atoms with Crippen LogP contribution in [0.15, 0.2) is 85.1 Å². The summed E-state index contributed by atoms with van der Waals surface area (Å²) >= 11 is 0. The molecule has 0 saturated carbocycles. The number of H-pyrrole nitrogens is 1. The van der Waals surface area contributed by atoms with Crippen molar-refractivity contribution in [3.63, 3.8) is 0 Å². The van der Waals surface area contributed by atoms with Crippen LogP contribution in [-0.4, -0.2) is 25.3 Å². The van der Waals surface area contributed by atoms with Gasteiger partial charge in [-0.25, -0.2) is 4.98 Å². The van der Waals surface area contributed by atoms with Gasteiger partial charge in [-0.1, -0.05) is 24.3 Å². The molecule has 2 heterocycles. The zero-order chi connectivity index (χ0) is 19.6. The highest BCUT2D eigenvalue weighted by atomic mass is 16.3. The lowest BCUT2D eigenvalue weighted by atomic mass is 10.1. The summed E-state index contributed by atoms with van der Waals surface area (Å²) < 4.78 is 0. The summed E-state index contributed by atoms with van der Waals surface area (Å²) in [6.45, 7) is 0. The molecule has 2 aromatic heterocycles. The Morgan fingerprint density at radius 2 is 1.72 bits per heavy atom. The quantitative estimate of drug-likeness (QED) is 0.403. The van der Waals surface area contributed by atoms with Crippen molar-refractivity contribution < 1.29 is 5.11 Å². The second-order valence-corrected chi connectivity index (χ2v) is 6.65. The Labute approximate surface area is 166 Å². The molecule has 5 rings (SSSR count). The number of nitrogens with one attached hydrogen (secondary N) is 2. The lowest BCUT2D eigenvalue weighted by molar-refractivity contribution is 0.477. The summed E-state index contributed by atoms with van der Waals surface area (Å²) in [5, 5.41) is 21.6. The maximum Gasteiger partial charge on any atom is 0.138 e. The standard InChI is InChI=1S/C23H17N5O/c29-22-14-17(10-11-18(22)19-9-4-12-24-28-19)25-16-6-3-5-15(13-16)23-26-20-7-1-2-8-21(20)27-23/h1-14,25,29H,(H,26,27).